The van der Waals surface area contributed by atoms with Crippen LogP contribution in [-0.2, 0) is 12.8 Å². The molecule has 3 aromatic heterocycles. The Morgan fingerprint density at radius 3 is 2.15 bits per heavy atom. The Labute approximate surface area is 318 Å². The minimum Gasteiger partial charge on any atom is -0.456 e. The first-order chi connectivity index (χ1) is 27.3. The van der Waals surface area contributed by atoms with E-state index in [0.29, 0.717) is 0 Å². The fourth-order valence-corrected chi connectivity index (χ4v) is 9.67. The smallest absolute Gasteiger partial charge is 0.136 e. The van der Waals surface area contributed by atoms with Crippen LogP contribution in [0.1, 0.15) is 40.3 Å². The average Bonchev–Trinajstić information content (AvgIpc) is 3.90. The zero-order valence-electron chi connectivity index (χ0n) is 30.2. The van der Waals surface area contributed by atoms with E-state index in [1.165, 1.54) is 83.2 Å². The SMILES string of the molecule is C1=Cc2c(-n3c4ccccc4c4ccc(C5C=Cc6c(c7ccccc7n6-c6ccccc6)C5)cc43)ccc(-c3ccc4c(c3)oc3ccccc34)c2CC1. The van der Waals surface area contributed by atoms with Crippen LogP contribution < -0.4 is 0 Å². The average molecular weight is 705 g/mol. The van der Waals surface area contributed by atoms with Gasteiger partial charge in [0, 0.05) is 49.8 Å². The van der Waals surface area contributed by atoms with Gasteiger partial charge in [0.2, 0.25) is 0 Å². The summed E-state index contributed by atoms with van der Waals surface area (Å²) in [4.78, 5) is 0. The van der Waals surface area contributed by atoms with Crippen molar-refractivity contribution < 1.29 is 4.42 Å². The van der Waals surface area contributed by atoms with E-state index in [1.807, 2.05) is 6.07 Å². The normalized spacial score (nSPS) is 15.1. The van der Waals surface area contributed by atoms with E-state index in [2.05, 4.69) is 179 Å². The highest BCUT2D eigenvalue weighted by Crippen LogP contribution is 2.43. The lowest BCUT2D eigenvalue weighted by molar-refractivity contribution is 0.669. The minimum absolute atomic E-state index is 0.266. The number of para-hydroxylation sites is 4. The molecule has 1 atom stereocenters. The molecule has 2 aliphatic rings. The van der Waals surface area contributed by atoms with Crippen molar-refractivity contribution in [1.82, 2.24) is 9.13 Å². The second-order valence-corrected chi connectivity index (χ2v) is 15.1. The second-order valence-electron chi connectivity index (χ2n) is 15.1. The van der Waals surface area contributed by atoms with Crippen LogP contribution in [0.5, 0.6) is 0 Å². The summed E-state index contributed by atoms with van der Waals surface area (Å²) in [5, 5.41) is 6.23. The molecule has 0 fully saturated rings. The lowest BCUT2D eigenvalue weighted by atomic mass is 9.86. The molecule has 0 radical (unpaired) electrons. The molecule has 0 N–H and O–H groups in total. The van der Waals surface area contributed by atoms with Gasteiger partial charge in [0.1, 0.15) is 11.2 Å². The zero-order chi connectivity index (χ0) is 36.0. The van der Waals surface area contributed by atoms with Crippen LogP contribution >= 0.6 is 0 Å². The molecule has 1 unspecified atom stereocenters. The number of allylic oxidation sites excluding steroid dienone is 2. The van der Waals surface area contributed by atoms with E-state index < -0.39 is 0 Å². The first-order valence-electron chi connectivity index (χ1n) is 19.4. The molecule has 12 rings (SSSR count). The summed E-state index contributed by atoms with van der Waals surface area (Å²) in [6.45, 7) is 0. The molecular formula is C52H36N2O. The number of fused-ring (bicyclic) bond motifs is 10. The van der Waals surface area contributed by atoms with E-state index in [4.69, 9.17) is 4.42 Å². The lowest BCUT2D eigenvalue weighted by Crippen LogP contribution is -2.08. The molecule has 0 spiro atoms. The van der Waals surface area contributed by atoms with Gasteiger partial charge in [0.25, 0.3) is 0 Å². The summed E-state index contributed by atoms with van der Waals surface area (Å²) in [6, 6.07) is 55.5. The summed E-state index contributed by atoms with van der Waals surface area (Å²) < 4.78 is 11.3. The van der Waals surface area contributed by atoms with Crippen molar-refractivity contribution in [2.45, 2.75) is 25.2 Å². The third-order valence-corrected chi connectivity index (χ3v) is 12.2. The van der Waals surface area contributed by atoms with E-state index in [1.54, 1.807) is 0 Å². The Morgan fingerprint density at radius 2 is 1.25 bits per heavy atom. The number of furan rings is 1. The molecule has 260 valence electrons. The number of hydrogen-bond donors (Lipinski definition) is 0. The fourth-order valence-electron chi connectivity index (χ4n) is 9.67. The van der Waals surface area contributed by atoms with Crippen LogP contribution in [0, 0.1) is 0 Å². The molecule has 2 aliphatic carbocycles. The molecule has 0 saturated heterocycles. The summed E-state index contributed by atoms with van der Waals surface area (Å²) in [5.74, 6) is 0.266. The first kappa shape index (κ1) is 30.6. The highest BCUT2D eigenvalue weighted by molar-refractivity contribution is 6.10. The minimum atomic E-state index is 0.266. The van der Waals surface area contributed by atoms with E-state index >= 15 is 0 Å². The van der Waals surface area contributed by atoms with Crippen LogP contribution in [0.3, 0.4) is 0 Å². The van der Waals surface area contributed by atoms with Crippen molar-refractivity contribution in [1.29, 1.82) is 0 Å². The topological polar surface area (TPSA) is 23.0 Å². The molecule has 7 aromatic carbocycles. The molecule has 3 heterocycles. The summed E-state index contributed by atoms with van der Waals surface area (Å²) in [5.41, 5.74) is 17.3. The Bertz CT molecular complexity index is 3240. The molecule has 3 heteroatoms. The summed E-state index contributed by atoms with van der Waals surface area (Å²) >= 11 is 0. The van der Waals surface area contributed by atoms with Gasteiger partial charge in [-0.2, -0.15) is 0 Å². The van der Waals surface area contributed by atoms with Gasteiger partial charge in [-0.05, 0) is 108 Å². The van der Waals surface area contributed by atoms with Crippen molar-refractivity contribution in [3.8, 4) is 22.5 Å². The highest BCUT2D eigenvalue weighted by atomic mass is 16.3. The number of aromatic nitrogens is 2. The highest BCUT2D eigenvalue weighted by Gasteiger charge is 2.25. The van der Waals surface area contributed by atoms with Crippen LogP contribution in [0.2, 0.25) is 0 Å². The monoisotopic (exact) mass is 704 g/mol. The van der Waals surface area contributed by atoms with Crippen molar-refractivity contribution in [2.24, 2.45) is 0 Å². The molecular weight excluding hydrogens is 669 g/mol. The van der Waals surface area contributed by atoms with Crippen LogP contribution in [0.15, 0.2) is 168 Å². The number of rotatable bonds is 4. The van der Waals surface area contributed by atoms with Gasteiger partial charge in [0.15, 0.2) is 0 Å². The van der Waals surface area contributed by atoms with Gasteiger partial charge < -0.3 is 13.6 Å². The van der Waals surface area contributed by atoms with E-state index in [-0.39, 0.29) is 5.92 Å². The predicted molar refractivity (Wildman–Crippen MR) is 230 cm³/mol. The third-order valence-electron chi connectivity index (χ3n) is 12.2. The van der Waals surface area contributed by atoms with Gasteiger partial charge >= 0.3 is 0 Å². The molecule has 0 saturated carbocycles. The maximum atomic E-state index is 6.34. The fraction of sp³-hybridized carbons (Fsp3) is 0.0769. The molecule has 0 amide bonds. The maximum absolute atomic E-state index is 6.34. The Hall–Kier alpha value is -6.84. The Morgan fingerprint density at radius 1 is 0.527 bits per heavy atom. The van der Waals surface area contributed by atoms with Gasteiger partial charge in [-0.3, -0.25) is 0 Å². The van der Waals surface area contributed by atoms with Gasteiger partial charge in [0.05, 0.1) is 22.2 Å². The first-order valence-corrected chi connectivity index (χ1v) is 19.4. The van der Waals surface area contributed by atoms with Crippen molar-refractivity contribution in [2.75, 3.05) is 0 Å². The number of hydrogen-bond acceptors (Lipinski definition) is 1. The predicted octanol–water partition coefficient (Wildman–Crippen LogP) is 13.6. The molecule has 0 bridgehead atoms. The van der Waals surface area contributed by atoms with E-state index in [9.17, 15) is 0 Å². The zero-order valence-corrected chi connectivity index (χ0v) is 30.2. The lowest BCUT2D eigenvalue weighted by Gasteiger charge is -2.22. The van der Waals surface area contributed by atoms with Gasteiger partial charge in [-0.1, -0.05) is 115 Å². The van der Waals surface area contributed by atoms with Crippen LogP contribution in [-0.4, -0.2) is 9.13 Å². The van der Waals surface area contributed by atoms with Crippen molar-refractivity contribution in [3.63, 3.8) is 0 Å². The van der Waals surface area contributed by atoms with Crippen LogP contribution in [0.25, 0.3) is 89.3 Å². The second kappa shape index (κ2) is 11.8. The summed E-state index contributed by atoms with van der Waals surface area (Å²) in [7, 11) is 0. The van der Waals surface area contributed by atoms with Crippen molar-refractivity contribution >= 4 is 66.8 Å². The molecule has 0 aliphatic heterocycles. The maximum Gasteiger partial charge on any atom is 0.136 e. The Balaban J connectivity index is 1.00. The Kier molecular flexibility index (Phi) is 6.58. The standard InChI is InChI=1S/C52H36N2O/c1-2-12-36(13-3-1)53-46-19-9-7-17-41(46)45-30-33(24-28-49(45)53)34-22-25-42-40-16-6-10-20-47(40)54(50(42)31-34)48-29-27-37(38-14-4-5-15-39(38)48)35-23-26-44-43-18-8-11-21-51(43)55-52(44)32-35/h1-3,5-13,15-29,31-33H,4,14,30H2. The summed E-state index contributed by atoms with van der Waals surface area (Å²) in [6.07, 6.45) is 12.5. The van der Waals surface area contributed by atoms with Gasteiger partial charge in [-0.15, -0.1) is 0 Å². The molecule has 3 nitrogen and oxygen atoms in total. The number of benzene rings is 7. The quantitative estimate of drug-likeness (QED) is 0.179. The van der Waals surface area contributed by atoms with Crippen LogP contribution in [0.4, 0.5) is 0 Å². The molecule has 55 heavy (non-hydrogen) atoms. The van der Waals surface area contributed by atoms with Gasteiger partial charge in [-0.25, -0.2) is 0 Å². The van der Waals surface area contributed by atoms with Crippen molar-refractivity contribution in [3.05, 3.63) is 192 Å². The third kappa shape index (κ3) is 4.56. The number of nitrogens with zero attached hydrogens (tertiary/aromatic N) is 2. The molecule has 10 aromatic rings. The van der Waals surface area contributed by atoms with E-state index in [0.717, 1.165) is 41.2 Å². The largest absolute Gasteiger partial charge is 0.456 e.